The Morgan fingerprint density at radius 1 is 1.53 bits per heavy atom. The van der Waals surface area contributed by atoms with Gasteiger partial charge >= 0.3 is 5.97 Å². The van der Waals surface area contributed by atoms with Crippen LogP contribution in [0.25, 0.3) is 0 Å². The van der Waals surface area contributed by atoms with Crippen molar-refractivity contribution in [3.63, 3.8) is 0 Å². The largest absolute Gasteiger partial charge is 0.465 e. The van der Waals surface area contributed by atoms with E-state index in [0.29, 0.717) is 16.5 Å². The van der Waals surface area contributed by atoms with Crippen molar-refractivity contribution >= 4 is 23.4 Å². The summed E-state index contributed by atoms with van der Waals surface area (Å²) in [5, 5.41) is 0.425. The van der Waals surface area contributed by atoms with Crippen molar-refractivity contribution in [2.45, 2.75) is 36.5 Å². The first kappa shape index (κ1) is 14.2. The van der Waals surface area contributed by atoms with Crippen molar-refractivity contribution in [2.75, 3.05) is 19.5 Å². The van der Waals surface area contributed by atoms with Gasteiger partial charge in [-0.05, 0) is 38.0 Å². The summed E-state index contributed by atoms with van der Waals surface area (Å²) in [7, 11) is 1.36. The Morgan fingerprint density at radius 3 is 2.84 bits per heavy atom. The standard InChI is InChI=1S/C14H19NO3S/c1-8-6-10(19-12-4-5-18-9(12)2)7-11(13(8)15)14(16)17-3/h6-7,9,12H,4-5,15H2,1-3H3. The summed E-state index contributed by atoms with van der Waals surface area (Å²) in [6, 6.07) is 3.82. The fraction of sp³-hybridized carbons (Fsp3) is 0.500. The van der Waals surface area contributed by atoms with Crippen LogP contribution in [0, 0.1) is 6.92 Å². The maximum Gasteiger partial charge on any atom is 0.340 e. The van der Waals surface area contributed by atoms with E-state index in [-0.39, 0.29) is 6.10 Å². The number of rotatable bonds is 3. The molecule has 1 saturated heterocycles. The highest BCUT2D eigenvalue weighted by Crippen LogP contribution is 2.35. The highest BCUT2D eigenvalue weighted by molar-refractivity contribution is 8.00. The first-order valence-electron chi connectivity index (χ1n) is 6.29. The maximum atomic E-state index is 11.7. The van der Waals surface area contributed by atoms with E-state index in [9.17, 15) is 4.79 Å². The van der Waals surface area contributed by atoms with Crippen molar-refractivity contribution in [1.82, 2.24) is 0 Å². The summed E-state index contributed by atoms with van der Waals surface area (Å²) in [4.78, 5) is 12.7. The molecule has 104 valence electrons. The van der Waals surface area contributed by atoms with Crippen LogP contribution >= 0.6 is 11.8 Å². The van der Waals surface area contributed by atoms with Crippen LogP contribution in [0.15, 0.2) is 17.0 Å². The van der Waals surface area contributed by atoms with E-state index in [1.165, 1.54) is 7.11 Å². The van der Waals surface area contributed by atoms with Crippen molar-refractivity contribution < 1.29 is 14.3 Å². The minimum absolute atomic E-state index is 0.240. The summed E-state index contributed by atoms with van der Waals surface area (Å²) in [6.07, 6.45) is 1.27. The number of hydrogen-bond acceptors (Lipinski definition) is 5. The van der Waals surface area contributed by atoms with Gasteiger partial charge in [-0.15, -0.1) is 11.8 Å². The molecule has 0 aromatic heterocycles. The molecule has 2 unspecified atom stereocenters. The number of nitrogen functional groups attached to an aromatic ring is 1. The lowest BCUT2D eigenvalue weighted by molar-refractivity contribution is 0.0601. The van der Waals surface area contributed by atoms with Crippen LogP contribution in [0.3, 0.4) is 0 Å². The lowest BCUT2D eigenvalue weighted by Crippen LogP contribution is -2.13. The second kappa shape index (κ2) is 5.84. The highest BCUT2D eigenvalue weighted by atomic mass is 32.2. The van der Waals surface area contributed by atoms with Crippen LogP contribution < -0.4 is 5.73 Å². The molecule has 0 amide bonds. The van der Waals surface area contributed by atoms with Gasteiger partial charge in [-0.1, -0.05) is 0 Å². The van der Waals surface area contributed by atoms with E-state index < -0.39 is 5.97 Å². The summed E-state index contributed by atoms with van der Waals surface area (Å²) >= 11 is 1.74. The number of hydrogen-bond donors (Lipinski definition) is 1. The zero-order valence-corrected chi connectivity index (χ0v) is 12.3. The van der Waals surface area contributed by atoms with Gasteiger partial charge in [0, 0.05) is 22.4 Å². The van der Waals surface area contributed by atoms with Gasteiger partial charge in [-0.2, -0.15) is 0 Å². The molecule has 1 fully saturated rings. The minimum atomic E-state index is -0.390. The number of anilines is 1. The molecule has 0 spiro atoms. The number of aryl methyl sites for hydroxylation is 1. The molecule has 0 aliphatic carbocycles. The van der Waals surface area contributed by atoms with Crippen molar-refractivity contribution in [2.24, 2.45) is 0 Å². The van der Waals surface area contributed by atoms with E-state index in [2.05, 4.69) is 6.92 Å². The average molecular weight is 281 g/mol. The molecule has 2 N–H and O–H groups in total. The van der Waals surface area contributed by atoms with E-state index in [1.54, 1.807) is 11.8 Å². The summed E-state index contributed by atoms with van der Waals surface area (Å²) in [5.74, 6) is -0.390. The average Bonchev–Trinajstić information content (AvgIpc) is 2.78. The first-order chi connectivity index (χ1) is 9.02. The van der Waals surface area contributed by atoms with Crippen LogP contribution in [-0.2, 0) is 9.47 Å². The van der Waals surface area contributed by atoms with E-state index >= 15 is 0 Å². The Bertz CT molecular complexity index is 490. The Hall–Kier alpha value is -1.20. The molecular weight excluding hydrogens is 262 g/mol. The Labute approximate surface area is 117 Å². The normalized spacial score (nSPS) is 22.5. The molecule has 1 aliphatic heterocycles. The molecule has 0 bridgehead atoms. The van der Waals surface area contributed by atoms with Gasteiger partial charge in [0.1, 0.15) is 0 Å². The molecule has 2 rings (SSSR count). The number of benzene rings is 1. The third-order valence-corrected chi connectivity index (χ3v) is 4.79. The van der Waals surface area contributed by atoms with E-state index in [1.807, 2.05) is 19.1 Å². The van der Waals surface area contributed by atoms with Gasteiger partial charge in [0.2, 0.25) is 0 Å². The molecule has 1 aliphatic rings. The zero-order valence-electron chi connectivity index (χ0n) is 11.4. The fourth-order valence-corrected chi connectivity index (χ4v) is 3.42. The SMILES string of the molecule is COC(=O)c1cc(SC2CCOC2C)cc(C)c1N. The van der Waals surface area contributed by atoms with Crippen LogP contribution in [0.2, 0.25) is 0 Å². The Morgan fingerprint density at radius 2 is 2.26 bits per heavy atom. The molecule has 1 aromatic rings. The fourth-order valence-electron chi connectivity index (χ4n) is 2.15. The van der Waals surface area contributed by atoms with Crippen LogP contribution in [-0.4, -0.2) is 31.0 Å². The molecule has 1 aromatic carbocycles. The van der Waals surface area contributed by atoms with Gasteiger partial charge in [0.05, 0.1) is 18.8 Å². The number of esters is 1. The zero-order chi connectivity index (χ0) is 14.0. The number of nitrogens with two attached hydrogens (primary N) is 1. The number of carbonyl (C=O) groups excluding carboxylic acids is 1. The molecule has 19 heavy (non-hydrogen) atoms. The monoisotopic (exact) mass is 281 g/mol. The molecule has 5 heteroatoms. The Balaban J connectivity index is 2.26. The predicted octanol–water partition coefficient (Wildman–Crippen LogP) is 2.63. The van der Waals surface area contributed by atoms with Gasteiger partial charge in [0.15, 0.2) is 0 Å². The van der Waals surface area contributed by atoms with Crippen molar-refractivity contribution in [3.05, 3.63) is 23.3 Å². The topological polar surface area (TPSA) is 61.5 Å². The van der Waals surface area contributed by atoms with Crippen LogP contribution in [0.1, 0.15) is 29.3 Å². The number of ether oxygens (including phenoxy) is 2. The van der Waals surface area contributed by atoms with E-state index in [0.717, 1.165) is 23.5 Å². The smallest absolute Gasteiger partial charge is 0.340 e. The second-order valence-corrected chi connectivity index (χ2v) is 6.03. The maximum absolute atomic E-state index is 11.7. The molecule has 1 heterocycles. The van der Waals surface area contributed by atoms with E-state index in [4.69, 9.17) is 15.2 Å². The number of thioether (sulfide) groups is 1. The quantitative estimate of drug-likeness (QED) is 0.681. The molecular formula is C14H19NO3S. The predicted molar refractivity (Wildman–Crippen MR) is 76.6 cm³/mol. The molecule has 0 saturated carbocycles. The molecule has 0 radical (unpaired) electrons. The minimum Gasteiger partial charge on any atom is -0.465 e. The lowest BCUT2D eigenvalue weighted by Gasteiger charge is -2.15. The molecule has 2 atom stereocenters. The summed E-state index contributed by atoms with van der Waals surface area (Å²) in [6.45, 7) is 4.78. The number of methoxy groups -OCH3 is 1. The highest BCUT2D eigenvalue weighted by Gasteiger charge is 2.26. The van der Waals surface area contributed by atoms with Gasteiger partial charge < -0.3 is 15.2 Å². The van der Waals surface area contributed by atoms with Crippen LogP contribution in [0.5, 0.6) is 0 Å². The first-order valence-corrected chi connectivity index (χ1v) is 7.17. The van der Waals surface area contributed by atoms with Gasteiger partial charge in [0.25, 0.3) is 0 Å². The van der Waals surface area contributed by atoms with Crippen molar-refractivity contribution in [3.8, 4) is 0 Å². The summed E-state index contributed by atoms with van der Waals surface area (Å²) < 4.78 is 10.3. The third-order valence-electron chi connectivity index (χ3n) is 3.36. The van der Waals surface area contributed by atoms with Gasteiger partial charge in [-0.3, -0.25) is 0 Å². The van der Waals surface area contributed by atoms with Crippen molar-refractivity contribution in [1.29, 1.82) is 0 Å². The summed E-state index contributed by atoms with van der Waals surface area (Å²) in [5.41, 5.74) is 7.76. The van der Waals surface area contributed by atoms with Gasteiger partial charge in [-0.25, -0.2) is 4.79 Å². The molecule has 4 nitrogen and oxygen atoms in total. The second-order valence-electron chi connectivity index (χ2n) is 4.71. The van der Waals surface area contributed by atoms with Crippen LogP contribution in [0.4, 0.5) is 5.69 Å². The third kappa shape index (κ3) is 3.04. The lowest BCUT2D eigenvalue weighted by atomic mass is 10.1. The number of carbonyl (C=O) groups is 1. The Kier molecular flexibility index (Phi) is 4.37.